The van der Waals surface area contributed by atoms with Gasteiger partial charge in [0.1, 0.15) is 0 Å². The standard InChI is InChI=1S/C15H27N3O2/c1-5-15(6-2,11-19)10-16-14(20)8-7-13-9-18(4)17-12(13)3/h9,19H,5-8,10-11H2,1-4H3,(H,16,20). The molecular weight excluding hydrogens is 254 g/mol. The summed E-state index contributed by atoms with van der Waals surface area (Å²) in [5.41, 5.74) is 1.91. The summed E-state index contributed by atoms with van der Waals surface area (Å²) in [5, 5.41) is 16.7. The highest BCUT2D eigenvalue weighted by atomic mass is 16.3. The van der Waals surface area contributed by atoms with Gasteiger partial charge in [-0.15, -0.1) is 0 Å². The second kappa shape index (κ2) is 7.43. The van der Waals surface area contributed by atoms with Gasteiger partial charge in [0.2, 0.25) is 5.91 Å². The van der Waals surface area contributed by atoms with E-state index in [4.69, 9.17) is 0 Å². The maximum atomic E-state index is 11.9. The maximum Gasteiger partial charge on any atom is 0.220 e. The summed E-state index contributed by atoms with van der Waals surface area (Å²) in [7, 11) is 1.88. The Hall–Kier alpha value is -1.36. The van der Waals surface area contributed by atoms with Crippen molar-refractivity contribution >= 4 is 5.91 Å². The summed E-state index contributed by atoms with van der Waals surface area (Å²) in [5.74, 6) is 0.0352. The van der Waals surface area contributed by atoms with E-state index >= 15 is 0 Å². The summed E-state index contributed by atoms with van der Waals surface area (Å²) in [4.78, 5) is 11.9. The lowest BCUT2D eigenvalue weighted by molar-refractivity contribution is -0.121. The molecule has 0 spiro atoms. The first-order chi connectivity index (χ1) is 9.46. The molecule has 0 aromatic carbocycles. The fourth-order valence-corrected chi connectivity index (χ4v) is 2.30. The number of hydrogen-bond donors (Lipinski definition) is 2. The Kier molecular flexibility index (Phi) is 6.20. The van der Waals surface area contributed by atoms with Gasteiger partial charge in [-0.2, -0.15) is 5.10 Å². The van der Waals surface area contributed by atoms with Crippen LogP contribution in [0.1, 0.15) is 44.4 Å². The Balaban J connectivity index is 2.42. The summed E-state index contributed by atoms with van der Waals surface area (Å²) in [6, 6.07) is 0. The first-order valence-electron chi connectivity index (χ1n) is 7.33. The number of carbonyl (C=O) groups is 1. The largest absolute Gasteiger partial charge is 0.396 e. The topological polar surface area (TPSA) is 67.2 Å². The number of aryl methyl sites for hydroxylation is 3. The van der Waals surface area contributed by atoms with Gasteiger partial charge in [0, 0.05) is 31.6 Å². The molecule has 5 heteroatoms. The molecule has 1 aromatic heterocycles. The van der Waals surface area contributed by atoms with E-state index in [1.165, 1.54) is 0 Å². The number of aromatic nitrogens is 2. The lowest BCUT2D eigenvalue weighted by Crippen LogP contribution is -2.39. The third-order valence-corrected chi connectivity index (χ3v) is 4.23. The van der Waals surface area contributed by atoms with Gasteiger partial charge in [0.25, 0.3) is 0 Å². The molecule has 5 nitrogen and oxygen atoms in total. The lowest BCUT2D eigenvalue weighted by atomic mass is 9.83. The second-order valence-corrected chi connectivity index (χ2v) is 5.56. The molecule has 20 heavy (non-hydrogen) atoms. The fraction of sp³-hybridized carbons (Fsp3) is 0.733. The van der Waals surface area contributed by atoms with E-state index in [9.17, 15) is 9.90 Å². The molecule has 1 heterocycles. The van der Waals surface area contributed by atoms with Gasteiger partial charge in [0.15, 0.2) is 0 Å². The van der Waals surface area contributed by atoms with Crippen LogP contribution in [0.2, 0.25) is 0 Å². The molecule has 0 fully saturated rings. The van der Waals surface area contributed by atoms with Crippen LogP contribution in [0.4, 0.5) is 0 Å². The van der Waals surface area contributed by atoms with Crippen LogP contribution in [0.25, 0.3) is 0 Å². The molecule has 1 rings (SSSR count). The van der Waals surface area contributed by atoms with Gasteiger partial charge in [0.05, 0.1) is 12.3 Å². The average molecular weight is 281 g/mol. The first kappa shape index (κ1) is 16.7. The summed E-state index contributed by atoms with van der Waals surface area (Å²) < 4.78 is 1.77. The zero-order chi connectivity index (χ0) is 15.2. The molecule has 0 bridgehead atoms. The predicted molar refractivity (Wildman–Crippen MR) is 79.4 cm³/mol. The zero-order valence-electron chi connectivity index (χ0n) is 13.1. The van der Waals surface area contributed by atoms with Crippen LogP contribution in [0.15, 0.2) is 6.20 Å². The van der Waals surface area contributed by atoms with Crippen molar-refractivity contribution in [2.75, 3.05) is 13.2 Å². The zero-order valence-corrected chi connectivity index (χ0v) is 13.1. The van der Waals surface area contributed by atoms with Gasteiger partial charge < -0.3 is 10.4 Å². The van der Waals surface area contributed by atoms with Crippen LogP contribution >= 0.6 is 0 Å². The predicted octanol–water partition coefficient (Wildman–Crippen LogP) is 1.58. The minimum Gasteiger partial charge on any atom is -0.396 e. The van der Waals surface area contributed by atoms with Crippen molar-refractivity contribution in [1.29, 1.82) is 0 Å². The Labute approximate surface area is 121 Å². The van der Waals surface area contributed by atoms with Gasteiger partial charge in [-0.3, -0.25) is 9.48 Å². The molecule has 0 aliphatic rings. The summed E-state index contributed by atoms with van der Waals surface area (Å²) >= 11 is 0. The molecule has 1 aromatic rings. The number of aliphatic hydroxyl groups is 1. The van der Waals surface area contributed by atoms with Crippen LogP contribution in [-0.2, 0) is 18.3 Å². The minimum atomic E-state index is -0.181. The van der Waals surface area contributed by atoms with E-state index in [1.54, 1.807) is 4.68 Å². The quantitative estimate of drug-likeness (QED) is 0.760. The van der Waals surface area contributed by atoms with Crippen molar-refractivity contribution in [3.63, 3.8) is 0 Å². The molecule has 0 unspecified atom stereocenters. The Morgan fingerprint density at radius 2 is 2.10 bits per heavy atom. The number of nitrogens with one attached hydrogen (secondary N) is 1. The number of hydrogen-bond acceptors (Lipinski definition) is 3. The minimum absolute atomic E-state index is 0.0352. The molecule has 0 aliphatic carbocycles. The van der Waals surface area contributed by atoms with Crippen molar-refractivity contribution in [3.05, 3.63) is 17.5 Å². The van der Waals surface area contributed by atoms with Crippen LogP contribution in [0.3, 0.4) is 0 Å². The van der Waals surface area contributed by atoms with Crippen LogP contribution in [0, 0.1) is 12.3 Å². The molecule has 1 amide bonds. The van der Waals surface area contributed by atoms with Crippen LogP contribution in [-0.4, -0.2) is 33.9 Å². The Morgan fingerprint density at radius 1 is 1.45 bits per heavy atom. The van der Waals surface area contributed by atoms with Crippen molar-refractivity contribution < 1.29 is 9.90 Å². The maximum absolute atomic E-state index is 11.9. The normalized spacial score (nSPS) is 11.7. The smallest absolute Gasteiger partial charge is 0.220 e. The fourth-order valence-electron chi connectivity index (χ4n) is 2.30. The molecule has 2 N–H and O–H groups in total. The van der Waals surface area contributed by atoms with Crippen molar-refractivity contribution in [1.82, 2.24) is 15.1 Å². The monoisotopic (exact) mass is 281 g/mol. The second-order valence-electron chi connectivity index (χ2n) is 5.56. The molecule has 0 saturated carbocycles. The lowest BCUT2D eigenvalue weighted by Gasteiger charge is -2.29. The highest BCUT2D eigenvalue weighted by Gasteiger charge is 2.25. The van der Waals surface area contributed by atoms with E-state index in [-0.39, 0.29) is 17.9 Å². The summed E-state index contributed by atoms with van der Waals surface area (Å²) in [6.45, 7) is 6.71. The van der Waals surface area contributed by atoms with Gasteiger partial charge >= 0.3 is 0 Å². The van der Waals surface area contributed by atoms with E-state index in [0.717, 1.165) is 24.1 Å². The highest BCUT2D eigenvalue weighted by Crippen LogP contribution is 2.24. The third kappa shape index (κ3) is 4.34. The number of aliphatic hydroxyl groups excluding tert-OH is 1. The van der Waals surface area contributed by atoms with Gasteiger partial charge in [-0.25, -0.2) is 0 Å². The number of amides is 1. The average Bonchev–Trinajstić information content (AvgIpc) is 2.77. The SMILES string of the molecule is CCC(CC)(CO)CNC(=O)CCc1cn(C)nc1C. The van der Waals surface area contributed by atoms with Crippen LogP contribution in [0.5, 0.6) is 0 Å². The third-order valence-electron chi connectivity index (χ3n) is 4.23. The molecule has 0 radical (unpaired) electrons. The van der Waals surface area contributed by atoms with E-state index in [0.29, 0.717) is 19.4 Å². The van der Waals surface area contributed by atoms with Crippen molar-refractivity contribution in [3.8, 4) is 0 Å². The van der Waals surface area contributed by atoms with Crippen molar-refractivity contribution in [2.24, 2.45) is 12.5 Å². The molecule has 114 valence electrons. The highest BCUT2D eigenvalue weighted by molar-refractivity contribution is 5.76. The van der Waals surface area contributed by atoms with E-state index in [1.807, 2.05) is 34.0 Å². The van der Waals surface area contributed by atoms with Crippen molar-refractivity contribution in [2.45, 2.75) is 46.5 Å². The molecular formula is C15H27N3O2. The van der Waals surface area contributed by atoms with E-state index in [2.05, 4.69) is 10.4 Å². The number of nitrogens with zero attached hydrogens (tertiary/aromatic N) is 2. The van der Waals surface area contributed by atoms with Crippen LogP contribution < -0.4 is 5.32 Å². The number of carbonyl (C=O) groups excluding carboxylic acids is 1. The van der Waals surface area contributed by atoms with Gasteiger partial charge in [-0.1, -0.05) is 13.8 Å². The Morgan fingerprint density at radius 3 is 2.55 bits per heavy atom. The molecule has 0 atom stereocenters. The molecule has 0 aliphatic heterocycles. The van der Waals surface area contributed by atoms with Gasteiger partial charge in [-0.05, 0) is 31.7 Å². The first-order valence-corrected chi connectivity index (χ1v) is 7.33. The summed E-state index contributed by atoms with van der Waals surface area (Å²) in [6.07, 6.45) is 4.85. The molecule has 0 saturated heterocycles. The van der Waals surface area contributed by atoms with E-state index < -0.39 is 0 Å². The number of rotatable bonds is 8. The Bertz CT molecular complexity index is 428.